The molecule has 4 nitrogen and oxygen atoms in total. The first-order valence-corrected chi connectivity index (χ1v) is 9.45. The Morgan fingerprint density at radius 2 is 1.50 bits per heavy atom. The standard InChI is InChI=1S/C22H19BrFNO3/c23-17-5-11-20(12-6-17)28-19-9-3-16(4-10-19)21(22(25)26)14-27-13-15-1-7-18(24)8-2-15/h1-12,21H,13-14H2,(H2,25,26). The number of carbonyl (C=O) groups excluding carboxylic acids is 1. The molecule has 1 amide bonds. The lowest BCUT2D eigenvalue weighted by Crippen LogP contribution is -2.25. The molecule has 3 aromatic carbocycles. The lowest BCUT2D eigenvalue weighted by molar-refractivity contribution is -0.121. The Bertz CT molecular complexity index is 912. The number of halogens is 2. The fourth-order valence-corrected chi connectivity index (χ4v) is 2.89. The topological polar surface area (TPSA) is 61.6 Å². The number of ether oxygens (including phenoxy) is 2. The highest BCUT2D eigenvalue weighted by Gasteiger charge is 2.18. The molecule has 0 aliphatic heterocycles. The van der Waals surface area contributed by atoms with Crippen LogP contribution in [0.5, 0.6) is 11.5 Å². The van der Waals surface area contributed by atoms with E-state index < -0.39 is 11.8 Å². The monoisotopic (exact) mass is 443 g/mol. The highest BCUT2D eigenvalue weighted by molar-refractivity contribution is 9.10. The normalized spacial score (nSPS) is 11.8. The molecular formula is C22H19BrFNO3. The molecule has 0 heterocycles. The second kappa shape index (κ2) is 9.48. The summed E-state index contributed by atoms with van der Waals surface area (Å²) in [6.07, 6.45) is 0. The van der Waals surface area contributed by atoms with Crippen LogP contribution in [0.2, 0.25) is 0 Å². The lowest BCUT2D eigenvalue weighted by Gasteiger charge is -2.15. The van der Waals surface area contributed by atoms with Crippen molar-refractivity contribution in [2.24, 2.45) is 5.73 Å². The quantitative estimate of drug-likeness (QED) is 0.522. The largest absolute Gasteiger partial charge is 0.457 e. The smallest absolute Gasteiger partial charge is 0.227 e. The summed E-state index contributed by atoms with van der Waals surface area (Å²) in [5, 5.41) is 0. The summed E-state index contributed by atoms with van der Waals surface area (Å²) in [4.78, 5) is 11.9. The molecule has 0 radical (unpaired) electrons. The molecule has 1 unspecified atom stereocenters. The van der Waals surface area contributed by atoms with Gasteiger partial charge in [-0.1, -0.05) is 40.2 Å². The molecule has 28 heavy (non-hydrogen) atoms. The highest BCUT2D eigenvalue weighted by atomic mass is 79.9. The van der Waals surface area contributed by atoms with Gasteiger partial charge in [-0.05, 0) is 59.7 Å². The first kappa shape index (κ1) is 20.0. The Morgan fingerprint density at radius 1 is 0.929 bits per heavy atom. The van der Waals surface area contributed by atoms with Gasteiger partial charge in [0, 0.05) is 4.47 Å². The minimum atomic E-state index is -0.581. The number of amides is 1. The number of primary amides is 1. The molecule has 0 fully saturated rings. The number of nitrogens with two attached hydrogens (primary N) is 1. The average Bonchev–Trinajstić information content (AvgIpc) is 2.69. The first-order chi connectivity index (χ1) is 13.5. The van der Waals surface area contributed by atoms with Gasteiger partial charge < -0.3 is 15.2 Å². The van der Waals surface area contributed by atoms with E-state index >= 15 is 0 Å². The van der Waals surface area contributed by atoms with Gasteiger partial charge in [-0.3, -0.25) is 4.79 Å². The Labute approximate surface area is 171 Å². The Hall–Kier alpha value is -2.70. The van der Waals surface area contributed by atoms with Crippen LogP contribution < -0.4 is 10.5 Å². The highest BCUT2D eigenvalue weighted by Crippen LogP contribution is 2.25. The van der Waals surface area contributed by atoms with Crippen molar-refractivity contribution in [2.75, 3.05) is 6.61 Å². The molecule has 2 N–H and O–H groups in total. The fraction of sp³-hybridized carbons (Fsp3) is 0.136. The molecule has 0 aliphatic carbocycles. The van der Waals surface area contributed by atoms with Gasteiger partial charge in [-0.15, -0.1) is 0 Å². The summed E-state index contributed by atoms with van der Waals surface area (Å²) in [5.74, 6) is 0.0126. The van der Waals surface area contributed by atoms with Crippen LogP contribution in [-0.2, 0) is 16.1 Å². The maximum absolute atomic E-state index is 12.9. The molecule has 0 bridgehead atoms. The van der Waals surface area contributed by atoms with Gasteiger partial charge >= 0.3 is 0 Å². The Balaban J connectivity index is 1.60. The van der Waals surface area contributed by atoms with E-state index in [-0.39, 0.29) is 19.0 Å². The van der Waals surface area contributed by atoms with E-state index in [0.717, 1.165) is 15.6 Å². The zero-order valence-corrected chi connectivity index (χ0v) is 16.6. The van der Waals surface area contributed by atoms with Gasteiger partial charge in [0.15, 0.2) is 0 Å². The van der Waals surface area contributed by atoms with Crippen molar-refractivity contribution in [2.45, 2.75) is 12.5 Å². The molecule has 0 spiro atoms. The molecule has 6 heteroatoms. The third kappa shape index (κ3) is 5.65. The van der Waals surface area contributed by atoms with Crippen LogP contribution in [0.1, 0.15) is 17.0 Å². The molecule has 0 saturated heterocycles. The van der Waals surface area contributed by atoms with E-state index in [2.05, 4.69) is 15.9 Å². The van der Waals surface area contributed by atoms with Crippen molar-refractivity contribution >= 4 is 21.8 Å². The molecule has 0 aromatic heterocycles. The minimum absolute atomic E-state index is 0.139. The molecule has 0 saturated carbocycles. The van der Waals surface area contributed by atoms with E-state index in [1.165, 1.54) is 12.1 Å². The van der Waals surface area contributed by atoms with E-state index in [4.69, 9.17) is 15.2 Å². The van der Waals surface area contributed by atoms with Crippen LogP contribution in [0.3, 0.4) is 0 Å². The zero-order valence-electron chi connectivity index (χ0n) is 15.0. The molecule has 144 valence electrons. The molecule has 1 atom stereocenters. The summed E-state index contributed by atoms with van der Waals surface area (Å²) in [7, 11) is 0. The Morgan fingerprint density at radius 3 is 2.07 bits per heavy atom. The fourth-order valence-electron chi connectivity index (χ4n) is 2.62. The third-order valence-corrected chi connectivity index (χ3v) is 4.67. The van der Waals surface area contributed by atoms with E-state index in [1.807, 2.05) is 24.3 Å². The summed E-state index contributed by atoms with van der Waals surface area (Å²) in [5.41, 5.74) is 7.11. The van der Waals surface area contributed by atoms with Crippen LogP contribution in [0, 0.1) is 5.82 Å². The number of hydrogen-bond donors (Lipinski definition) is 1. The van der Waals surface area contributed by atoms with E-state index in [1.54, 1.807) is 36.4 Å². The summed E-state index contributed by atoms with van der Waals surface area (Å²) < 4.78 is 25.3. The van der Waals surface area contributed by atoms with Crippen molar-refractivity contribution < 1.29 is 18.7 Å². The zero-order chi connectivity index (χ0) is 19.9. The minimum Gasteiger partial charge on any atom is -0.457 e. The van der Waals surface area contributed by atoms with Crippen LogP contribution >= 0.6 is 15.9 Å². The van der Waals surface area contributed by atoms with Gasteiger partial charge in [-0.2, -0.15) is 0 Å². The van der Waals surface area contributed by atoms with Gasteiger partial charge in [0.2, 0.25) is 5.91 Å². The number of rotatable bonds is 8. The number of benzene rings is 3. The SMILES string of the molecule is NC(=O)C(COCc1ccc(F)cc1)c1ccc(Oc2ccc(Br)cc2)cc1. The van der Waals surface area contributed by atoms with Crippen LogP contribution in [0.4, 0.5) is 4.39 Å². The average molecular weight is 444 g/mol. The summed E-state index contributed by atoms with van der Waals surface area (Å²) >= 11 is 3.38. The maximum Gasteiger partial charge on any atom is 0.227 e. The molecule has 3 rings (SSSR count). The predicted octanol–water partition coefficient (Wildman–Crippen LogP) is 5.17. The third-order valence-electron chi connectivity index (χ3n) is 4.14. The van der Waals surface area contributed by atoms with Gasteiger partial charge in [0.05, 0.1) is 19.1 Å². The maximum atomic E-state index is 12.9. The molecular weight excluding hydrogens is 425 g/mol. The second-order valence-electron chi connectivity index (χ2n) is 6.22. The van der Waals surface area contributed by atoms with Crippen LogP contribution in [0.25, 0.3) is 0 Å². The van der Waals surface area contributed by atoms with Crippen molar-refractivity contribution in [1.82, 2.24) is 0 Å². The first-order valence-electron chi connectivity index (χ1n) is 8.66. The predicted molar refractivity (Wildman–Crippen MR) is 109 cm³/mol. The number of carbonyl (C=O) groups is 1. The van der Waals surface area contributed by atoms with Gasteiger partial charge in [0.25, 0.3) is 0 Å². The summed E-state index contributed by atoms with van der Waals surface area (Å²) in [6.45, 7) is 0.411. The van der Waals surface area contributed by atoms with Crippen molar-refractivity contribution in [3.8, 4) is 11.5 Å². The van der Waals surface area contributed by atoms with Crippen molar-refractivity contribution in [3.63, 3.8) is 0 Å². The molecule has 3 aromatic rings. The molecule has 0 aliphatic rings. The summed E-state index contributed by atoms with van der Waals surface area (Å²) in [6, 6.07) is 20.7. The lowest BCUT2D eigenvalue weighted by atomic mass is 9.99. The van der Waals surface area contributed by atoms with Crippen molar-refractivity contribution in [3.05, 3.63) is 94.2 Å². The van der Waals surface area contributed by atoms with Gasteiger partial charge in [-0.25, -0.2) is 4.39 Å². The van der Waals surface area contributed by atoms with Gasteiger partial charge in [0.1, 0.15) is 17.3 Å². The second-order valence-corrected chi connectivity index (χ2v) is 7.14. The van der Waals surface area contributed by atoms with Crippen LogP contribution in [-0.4, -0.2) is 12.5 Å². The van der Waals surface area contributed by atoms with Crippen molar-refractivity contribution in [1.29, 1.82) is 0 Å². The van der Waals surface area contributed by atoms with E-state index in [0.29, 0.717) is 11.5 Å². The Kier molecular flexibility index (Phi) is 6.79. The number of hydrogen-bond acceptors (Lipinski definition) is 3. The van der Waals surface area contributed by atoms with Crippen LogP contribution in [0.15, 0.2) is 77.3 Å². The van der Waals surface area contributed by atoms with E-state index in [9.17, 15) is 9.18 Å².